The van der Waals surface area contributed by atoms with Gasteiger partial charge in [-0.05, 0) is 30.6 Å². The molecule has 2 aromatic rings. The summed E-state index contributed by atoms with van der Waals surface area (Å²) in [4.78, 5) is 15.9. The number of piperazine rings is 1. The van der Waals surface area contributed by atoms with Crippen molar-refractivity contribution in [1.82, 2.24) is 25.4 Å². The van der Waals surface area contributed by atoms with Gasteiger partial charge in [-0.1, -0.05) is 5.16 Å². The minimum Gasteiger partial charge on any atom is -0.353 e. The van der Waals surface area contributed by atoms with Crippen LogP contribution in [0.25, 0.3) is 11.5 Å². The van der Waals surface area contributed by atoms with Crippen molar-refractivity contribution < 1.29 is 4.52 Å². The van der Waals surface area contributed by atoms with Crippen LogP contribution in [-0.4, -0.2) is 52.3 Å². The number of anilines is 1. The molecule has 1 aliphatic heterocycles. The van der Waals surface area contributed by atoms with E-state index in [2.05, 4.69) is 30.3 Å². The van der Waals surface area contributed by atoms with E-state index in [-0.39, 0.29) is 11.5 Å². The number of rotatable bonds is 3. The predicted octanol–water partition coefficient (Wildman–Crippen LogP) is 0.171. The van der Waals surface area contributed by atoms with Crippen molar-refractivity contribution in [2.24, 2.45) is 23.5 Å². The zero-order chi connectivity index (χ0) is 16.6. The molecule has 0 amide bonds. The van der Waals surface area contributed by atoms with Gasteiger partial charge in [0.1, 0.15) is 11.5 Å². The molecule has 1 saturated heterocycles. The summed E-state index contributed by atoms with van der Waals surface area (Å²) in [7, 11) is 0. The van der Waals surface area contributed by atoms with Gasteiger partial charge < -0.3 is 20.5 Å². The molecular weight excluding hydrogens is 318 g/mol. The summed E-state index contributed by atoms with van der Waals surface area (Å²) in [5, 5.41) is 7.50. The average Bonchev–Trinajstić information content (AvgIpc) is 3.19. The minimum atomic E-state index is -0.0376. The third-order valence-corrected chi connectivity index (χ3v) is 6.88. The van der Waals surface area contributed by atoms with Crippen molar-refractivity contribution in [1.29, 1.82) is 0 Å². The zero-order valence-electron chi connectivity index (χ0n) is 13.9. The Labute approximate surface area is 145 Å². The van der Waals surface area contributed by atoms with Crippen molar-refractivity contribution in [2.45, 2.75) is 24.3 Å². The van der Waals surface area contributed by atoms with E-state index < -0.39 is 0 Å². The molecule has 7 rings (SSSR count). The molecule has 4 bridgehead atoms. The van der Waals surface area contributed by atoms with Crippen LogP contribution in [0.2, 0.25) is 0 Å². The van der Waals surface area contributed by atoms with Crippen LogP contribution >= 0.6 is 0 Å². The lowest BCUT2D eigenvalue weighted by Crippen LogP contribution is -2.43. The first-order chi connectivity index (χ1) is 12.3. The molecule has 4 saturated carbocycles. The number of nitrogens with zero attached hydrogens (tertiary/aromatic N) is 5. The molecule has 0 aromatic carbocycles. The van der Waals surface area contributed by atoms with Crippen LogP contribution in [0.15, 0.2) is 16.9 Å². The van der Waals surface area contributed by atoms with Gasteiger partial charge in [-0.2, -0.15) is 4.98 Å². The standard InChI is InChI=1S/C17H21N7O/c18-14-9-5-10-11(6-9)17(10,14)16-22-15(23-25-16)12-7-21-13(8-20-12)24-3-1-19-2-4-24/h7-11,14,19H,1-6,18H2. The Kier molecular flexibility index (Phi) is 2.70. The molecule has 8 nitrogen and oxygen atoms in total. The molecule has 3 unspecified atom stereocenters. The summed E-state index contributed by atoms with van der Waals surface area (Å²) in [6.45, 7) is 3.85. The molecule has 8 heteroatoms. The number of nitrogens with one attached hydrogen (secondary N) is 1. The van der Waals surface area contributed by atoms with Crippen LogP contribution in [-0.2, 0) is 5.41 Å². The highest BCUT2D eigenvalue weighted by atomic mass is 16.5. The second kappa shape index (κ2) is 4.76. The van der Waals surface area contributed by atoms with Gasteiger partial charge >= 0.3 is 0 Å². The molecule has 0 radical (unpaired) electrons. The van der Waals surface area contributed by atoms with E-state index in [0.717, 1.165) is 37.9 Å². The number of nitrogens with two attached hydrogens (primary N) is 1. The second-order valence-corrected chi connectivity index (χ2v) is 7.82. The number of hydrogen-bond acceptors (Lipinski definition) is 8. The fourth-order valence-electron chi connectivity index (χ4n) is 5.66. The summed E-state index contributed by atoms with van der Waals surface area (Å²) < 4.78 is 5.63. The Morgan fingerprint density at radius 2 is 1.96 bits per heavy atom. The fourth-order valence-corrected chi connectivity index (χ4v) is 5.66. The Morgan fingerprint density at radius 1 is 1.16 bits per heavy atom. The third kappa shape index (κ3) is 1.73. The molecule has 3 atom stereocenters. The molecule has 5 fully saturated rings. The van der Waals surface area contributed by atoms with E-state index >= 15 is 0 Å². The minimum absolute atomic E-state index is 0.0376. The zero-order valence-corrected chi connectivity index (χ0v) is 13.9. The maximum absolute atomic E-state index is 6.46. The molecule has 5 aliphatic rings. The molecule has 3 N–H and O–H groups in total. The molecule has 130 valence electrons. The summed E-state index contributed by atoms with van der Waals surface area (Å²) in [6.07, 6.45) is 5.99. The van der Waals surface area contributed by atoms with E-state index in [1.165, 1.54) is 12.8 Å². The van der Waals surface area contributed by atoms with E-state index in [4.69, 9.17) is 10.3 Å². The number of aromatic nitrogens is 4. The highest BCUT2D eigenvalue weighted by Crippen LogP contribution is 2.78. The Balaban J connectivity index is 1.27. The smallest absolute Gasteiger partial charge is 0.235 e. The van der Waals surface area contributed by atoms with Crippen molar-refractivity contribution in [3.05, 3.63) is 18.3 Å². The highest BCUT2D eigenvalue weighted by Gasteiger charge is 2.81. The van der Waals surface area contributed by atoms with Crippen LogP contribution < -0.4 is 16.0 Å². The van der Waals surface area contributed by atoms with E-state index in [9.17, 15) is 0 Å². The topological polar surface area (TPSA) is 106 Å². The van der Waals surface area contributed by atoms with Gasteiger partial charge in [0.2, 0.25) is 11.7 Å². The Morgan fingerprint density at radius 3 is 2.60 bits per heavy atom. The van der Waals surface area contributed by atoms with Gasteiger partial charge in [-0.3, -0.25) is 0 Å². The van der Waals surface area contributed by atoms with Crippen LogP contribution in [0.5, 0.6) is 0 Å². The first-order valence-electron chi connectivity index (χ1n) is 9.16. The molecular formula is C17H21N7O. The molecule has 4 aliphatic carbocycles. The SMILES string of the molecule is NC1C2CC3C(C2)C13c1nc(-c2cnc(N3CCNCC3)cn2)no1. The molecule has 0 spiro atoms. The van der Waals surface area contributed by atoms with Crippen LogP contribution in [0.1, 0.15) is 18.7 Å². The maximum atomic E-state index is 6.46. The van der Waals surface area contributed by atoms with Gasteiger partial charge in [-0.25, -0.2) is 9.97 Å². The Hall–Kier alpha value is -2.06. The average molecular weight is 339 g/mol. The largest absolute Gasteiger partial charge is 0.353 e. The first kappa shape index (κ1) is 14.1. The summed E-state index contributed by atoms with van der Waals surface area (Å²) in [6, 6.07) is 0.178. The van der Waals surface area contributed by atoms with Crippen molar-refractivity contribution in [3.8, 4) is 11.5 Å². The summed E-state index contributed by atoms with van der Waals surface area (Å²) in [5.74, 6) is 4.09. The predicted molar refractivity (Wildman–Crippen MR) is 89.8 cm³/mol. The lowest BCUT2D eigenvalue weighted by Gasteiger charge is -2.27. The maximum Gasteiger partial charge on any atom is 0.235 e. The Bertz CT molecular complexity index is 801. The van der Waals surface area contributed by atoms with Crippen molar-refractivity contribution in [2.75, 3.05) is 31.1 Å². The van der Waals surface area contributed by atoms with E-state index in [0.29, 0.717) is 29.3 Å². The lowest BCUT2D eigenvalue weighted by atomic mass is 9.98. The first-order valence-corrected chi connectivity index (χ1v) is 9.16. The third-order valence-electron chi connectivity index (χ3n) is 6.88. The fraction of sp³-hybridized carbons (Fsp3) is 0.647. The normalized spacial score (nSPS) is 38.4. The van der Waals surface area contributed by atoms with Crippen LogP contribution in [0.4, 0.5) is 5.82 Å². The molecule has 2 aromatic heterocycles. The summed E-state index contributed by atoms with van der Waals surface area (Å²) >= 11 is 0. The summed E-state index contributed by atoms with van der Waals surface area (Å²) in [5.41, 5.74) is 7.07. The molecule has 3 heterocycles. The highest BCUT2D eigenvalue weighted by molar-refractivity contribution is 5.50. The van der Waals surface area contributed by atoms with Gasteiger partial charge in [0.15, 0.2) is 0 Å². The van der Waals surface area contributed by atoms with Crippen molar-refractivity contribution in [3.63, 3.8) is 0 Å². The second-order valence-electron chi connectivity index (χ2n) is 7.82. The van der Waals surface area contributed by atoms with Gasteiger partial charge in [-0.15, -0.1) is 0 Å². The van der Waals surface area contributed by atoms with E-state index in [1.807, 2.05) is 0 Å². The van der Waals surface area contributed by atoms with Gasteiger partial charge in [0, 0.05) is 32.2 Å². The monoisotopic (exact) mass is 339 g/mol. The lowest BCUT2D eigenvalue weighted by molar-refractivity contribution is 0.325. The van der Waals surface area contributed by atoms with E-state index in [1.54, 1.807) is 12.4 Å². The quantitative estimate of drug-likeness (QED) is 0.815. The van der Waals surface area contributed by atoms with Gasteiger partial charge in [0.25, 0.3) is 0 Å². The van der Waals surface area contributed by atoms with Crippen LogP contribution in [0.3, 0.4) is 0 Å². The van der Waals surface area contributed by atoms with Crippen molar-refractivity contribution >= 4 is 5.82 Å². The van der Waals surface area contributed by atoms with Crippen LogP contribution in [0, 0.1) is 17.8 Å². The van der Waals surface area contributed by atoms with Gasteiger partial charge in [0.05, 0.1) is 17.8 Å². The number of hydrogen-bond donors (Lipinski definition) is 2. The molecule has 25 heavy (non-hydrogen) atoms.